The van der Waals surface area contributed by atoms with Gasteiger partial charge in [-0.25, -0.2) is 0 Å². The molecule has 3 unspecified atom stereocenters. The number of aliphatic hydroxyl groups excluding tert-OH is 1. The average molecular weight is 282 g/mol. The van der Waals surface area contributed by atoms with Gasteiger partial charge >= 0.3 is 0 Å². The van der Waals surface area contributed by atoms with Crippen molar-refractivity contribution < 1.29 is 5.11 Å². The Morgan fingerprint density at radius 1 is 1.10 bits per heavy atom. The molecule has 1 N–H and O–H groups in total. The zero-order valence-corrected chi connectivity index (χ0v) is 13.0. The van der Waals surface area contributed by atoms with E-state index in [1.54, 1.807) is 0 Å². The van der Waals surface area contributed by atoms with Crippen LogP contribution in [0, 0.1) is 11.8 Å². The third-order valence-corrected chi connectivity index (χ3v) is 5.20. The van der Waals surface area contributed by atoms with E-state index in [0.717, 1.165) is 12.3 Å². The zero-order valence-electron chi connectivity index (χ0n) is 13.0. The largest absolute Gasteiger partial charge is 0.392 e. The van der Waals surface area contributed by atoms with Crippen LogP contribution in [-0.4, -0.2) is 11.2 Å². The molecule has 3 atom stereocenters. The Morgan fingerprint density at radius 2 is 1.90 bits per heavy atom. The van der Waals surface area contributed by atoms with Crippen molar-refractivity contribution in [3.8, 4) is 0 Å². The summed E-state index contributed by atoms with van der Waals surface area (Å²) in [6.07, 6.45) is 6.94. The van der Waals surface area contributed by atoms with E-state index in [1.807, 2.05) is 0 Å². The van der Waals surface area contributed by atoms with Crippen LogP contribution in [0.2, 0.25) is 0 Å². The summed E-state index contributed by atoms with van der Waals surface area (Å²) < 4.78 is 0. The summed E-state index contributed by atoms with van der Waals surface area (Å²) >= 11 is 0. The van der Waals surface area contributed by atoms with Crippen LogP contribution in [0.1, 0.15) is 44.6 Å². The van der Waals surface area contributed by atoms with Gasteiger partial charge in [0.05, 0.1) is 6.10 Å². The summed E-state index contributed by atoms with van der Waals surface area (Å²) in [5, 5.41) is 13.2. The minimum absolute atomic E-state index is 0.180. The third-order valence-electron chi connectivity index (χ3n) is 5.20. The number of rotatable bonds is 4. The van der Waals surface area contributed by atoms with Gasteiger partial charge in [-0.3, -0.25) is 0 Å². The monoisotopic (exact) mass is 282 g/mol. The van der Waals surface area contributed by atoms with Crippen molar-refractivity contribution in [1.29, 1.82) is 0 Å². The number of aliphatic hydroxyl groups is 1. The van der Waals surface area contributed by atoms with Crippen LogP contribution in [0.4, 0.5) is 0 Å². The van der Waals surface area contributed by atoms with E-state index in [4.69, 9.17) is 0 Å². The zero-order chi connectivity index (χ0) is 14.7. The van der Waals surface area contributed by atoms with Gasteiger partial charge < -0.3 is 5.11 Å². The van der Waals surface area contributed by atoms with Crippen molar-refractivity contribution >= 4 is 10.8 Å². The molecule has 0 amide bonds. The van der Waals surface area contributed by atoms with Gasteiger partial charge in [0.25, 0.3) is 0 Å². The number of fused-ring (bicyclic) bond motifs is 1. The Balaban J connectivity index is 1.69. The van der Waals surface area contributed by atoms with Gasteiger partial charge in [0.1, 0.15) is 0 Å². The molecule has 0 spiro atoms. The minimum atomic E-state index is -0.180. The van der Waals surface area contributed by atoms with E-state index in [0.29, 0.717) is 5.92 Å². The first-order valence-corrected chi connectivity index (χ1v) is 8.42. The molecule has 0 aromatic heterocycles. The highest BCUT2D eigenvalue weighted by Crippen LogP contribution is 2.34. The van der Waals surface area contributed by atoms with Gasteiger partial charge in [-0.2, -0.15) is 0 Å². The maximum Gasteiger partial charge on any atom is 0.0608 e. The molecule has 2 aromatic carbocycles. The van der Waals surface area contributed by atoms with Crippen LogP contribution >= 0.6 is 0 Å². The molecule has 21 heavy (non-hydrogen) atoms. The molecule has 2 aromatic rings. The minimum Gasteiger partial charge on any atom is -0.392 e. The molecule has 0 heterocycles. The first-order chi connectivity index (χ1) is 10.3. The van der Waals surface area contributed by atoms with Crippen LogP contribution in [0.3, 0.4) is 0 Å². The Morgan fingerprint density at radius 3 is 2.71 bits per heavy atom. The van der Waals surface area contributed by atoms with Gasteiger partial charge in [0.15, 0.2) is 0 Å². The van der Waals surface area contributed by atoms with Gasteiger partial charge in [-0.15, -0.1) is 0 Å². The molecule has 0 bridgehead atoms. The molecule has 1 aliphatic carbocycles. The standard InChI is InChI=1S/C20H26O/c1-2-15-6-5-9-19(12-15)20(21)14-16-10-11-17-7-3-4-8-18(17)13-16/h3-4,7-8,10-11,13,15,19-21H,2,5-6,9,12,14H2,1H3. The molecule has 3 rings (SSSR count). The molecular weight excluding hydrogens is 256 g/mol. The second-order valence-electron chi connectivity index (χ2n) is 6.65. The Hall–Kier alpha value is -1.34. The summed E-state index contributed by atoms with van der Waals surface area (Å²) in [5.41, 5.74) is 1.26. The molecule has 0 aliphatic heterocycles. The lowest BCUT2D eigenvalue weighted by Crippen LogP contribution is -2.28. The van der Waals surface area contributed by atoms with Gasteiger partial charge in [-0.05, 0) is 47.4 Å². The van der Waals surface area contributed by atoms with Crippen molar-refractivity contribution in [3.63, 3.8) is 0 Å². The van der Waals surface area contributed by atoms with E-state index in [9.17, 15) is 5.11 Å². The lowest BCUT2D eigenvalue weighted by atomic mass is 9.76. The normalized spacial score (nSPS) is 24.1. The van der Waals surface area contributed by atoms with Crippen LogP contribution in [0.15, 0.2) is 42.5 Å². The SMILES string of the molecule is CCC1CCCC(C(O)Cc2ccc3ccccc3c2)C1. The van der Waals surface area contributed by atoms with Gasteiger partial charge in [0, 0.05) is 0 Å². The van der Waals surface area contributed by atoms with Gasteiger partial charge in [0.2, 0.25) is 0 Å². The second-order valence-corrected chi connectivity index (χ2v) is 6.65. The summed E-state index contributed by atoms with van der Waals surface area (Å²) in [6.45, 7) is 2.28. The Bertz CT molecular complexity index is 589. The molecule has 1 heteroatoms. The summed E-state index contributed by atoms with van der Waals surface area (Å²) in [6, 6.07) is 15.0. The quantitative estimate of drug-likeness (QED) is 0.840. The molecule has 1 saturated carbocycles. The van der Waals surface area contributed by atoms with Crippen LogP contribution in [-0.2, 0) is 6.42 Å². The van der Waals surface area contributed by atoms with Crippen molar-refractivity contribution in [2.24, 2.45) is 11.8 Å². The molecule has 0 radical (unpaired) electrons. The van der Waals surface area contributed by atoms with Crippen molar-refractivity contribution in [1.82, 2.24) is 0 Å². The lowest BCUT2D eigenvalue weighted by molar-refractivity contribution is 0.0685. The molecule has 1 nitrogen and oxygen atoms in total. The number of benzene rings is 2. The summed E-state index contributed by atoms with van der Waals surface area (Å²) in [5.74, 6) is 1.32. The highest BCUT2D eigenvalue weighted by molar-refractivity contribution is 5.82. The summed E-state index contributed by atoms with van der Waals surface area (Å²) in [7, 11) is 0. The highest BCUT2D eigenvalue weighted by atomic mass is 16.3. The molecule has 0 saturated heterocycles. The van der Waals surface area contributed by atoms with E-state index in [2.05, 4.69) is 49.4 Å². The fourth-order valence-electron chi connectivity index (χ4n) is 3.83. The maximum atomic E-state index is 10.6. The van der Waals surface area contributed by atoms with Crippen molar-refractivity contribution in [2.45, 2.75) is 51.6 Å². The topological polar surface area (TPSA) is 20.2 Å². The van der Waals surface area contributed by atoms with E-state index >= 15 is 0 Å². The molecule has 1 fully saturated rings. The second kappa shape index (κ2) is 6.62. The fourth-order valence-corrected chi connectivity index (χ4v) is 3.83. The van der Waals surface area contributed by atoms with Crippen LogP contribution in [0.5, 0.6) is 0 Å². The predicted molar refractivity (Wildman–Crippen MR) is 89.4 cm³/mol. The van der Waals surface area contributed by atoms with E-state index in [1.165, 1.54) is 48.4 Å². The number of hydrogen-bond acceptors (Lipinski definition) is 1. The average Bonchev–Trinajstić information content (AvgIpc) is 2.54. The Labute approximate surface area is 128 Å². The first-order valence-electron chi connectivity index (χ1n) is 8.42. The predicted octanol–water partition coefficient (Wildman–Crippen LogP) is 4.96. The van der Waals surface area contributed by atoms with Crippen molar-refractivity contribution in [3.05, 3.63) is 48.0 Å². The van der Waals surface area contributed by atoms with E-state index in [-0.39, 0.29) is 6.10 Å². The lowest BCUT2D eigenvalue weighted by Gasteiger charge is -2.31. The highest BCUT2D eigenvalue weighted by Gasteiger charge is 2.26. The van der Waals surface area contributed by atoms with Crippen LogP contribution in [0.25, 0.3) is 10.8 Å². The third kappa shape index (κ3) is 3.47. The summed E-state index contributed by atoms with van der Waals surface area (Å²) in [4.78, 5) is 0. The first kappa shape index (κ1) is 14.6. The maximum absolute atomic E-state index is 10.6. The fraction of sp³-hybridized carbons (Fsp3) is 0.500. The van der Waals surface area contributed by atoms with E-state index < -0.39 is 0 Å². The van der Waals surface area contributed by atoms with Crippen molar-refractivity contribution in [2.75, 3.05) is 0 Å². The Kier molecular flexibility index (Phi) is 4.60. The van der Waals surface area contributed by atoms with Crippen LogP contribution < -0.4 is 0 Å². The van der Waals surface area contributed by atoms with Gasteiger partial charge in [-0.1, -0.05) is 68.7 Å². The molecular formula is C20H26O. The molecule has 1 aliphatic rings. The molecule has 112 valence electrons. The smallest absolute Gasteiger partial charge is 0.0608 e. The number of hydrogen-bond donors (Lipinski definition) is 1.